The van der Waals surface area contributed by atoms with Crippen LogP contribution < -0.4 is 33.2 Å². The molecule has 0 aliphatic carbocycles. The van der Waals surface area contributed by atoms with Crippen LogP contribution in [0.1, 0.15) is 26.2 Å². The lowest BCUT2D eigenvalue weighted by atomic mass is 10.1. The number of nitrogens with two attached hydrogens (primary N) is 3. The Bertz CT molecular complexity index is 691. The number of carboxylic acid groups (broad SMARTS) is 1. The number of thioether (sulfide) groups is 1. The topological polar surface area (TPSA) is 235 Å². The van der Waals surface area contributed by atoms with Crippen molar-refractivity contribution in [2.75, 3.05) is 24.3 Å². The number of amides is 3. The molecular formula is C18H35N7O6S2. The quantitative estimate of drug-likeness (QED) is 0.0441. The molecule has 0 spiro atoms. The van der Waals surface area contributed by atoms with Crippen LogP contribution in [0.3, 0.4) is 0 Å². The van der Waals surface area contributed by atoms with Crippen molar-refractivity contribution in [2.24, 2.45) is 22.2 Å². The monoisotopic (exact) mass is 509 g/mol. The molecule has 0 aliphatic heterocycles. The Balaban J connectivity index is 5.15. The maximum absolute atomic E-state index is 12.7. The largest absolute Gasteiger partial charge is 0.480 e. The van der Waals surface area contributed by atoms with Crippen molar-refractivity contribution in [1.82, 2.24) is 16.0 Å². The van der Waals surface area contributed by atoms with Gasteiger partial charge in [0.25, 0.3) is 0 Å². The summed E-state index contributed by atoms with van der Waals surface area (Å²) < 4.78 is 0. The van der Waals surface area contributed by atoms with Crippen molar-refractivity contribution in [3.05, 3.63) is 0 Å². The average molecular weight is 510 g/mol. The van der Waals surface area contributed by atoms with Crippen LogP contribution >= 0.6 is 24.4 Å². The lowest BCUT2D eigenvalue weighted by molar-refractivity contribution is -0.142. The summed E-state index contributed by atoms with van der Waals surface area (Å²) in [6.07, 6.45) is 1.31. The molecule has 11 N–H and O–H groups in total. The van der Waals surface area contributed by atoms with E-state index in [0.29, 0.717) is 12.2 Å². The fourth-order valence-electron chi connectivity index (χ4n) is 2.49. The average Bonchev–Trinajstić information content (AvgIpc) is 2.75. The van der Waals surface area contributed by atoms with Crippen molar-refractivity contribution < 1.29 is 29.4 Å². The smallest absolute Gasteiger partial charge is 0.326 e. The third-order valence-electron chi connectivity index (χ3n) is 4.44. The highest BCUT2D eigenvalue weighted by Crippen LogP contribution is 2.05. The first-order valence-corrected chi connectivity index (χ1v) is 12.2. The third-order valence-corrected chi connectivity index (χ3v) is 5.45. The second kappa shape index (κ2) is 16.4. The van der Waals surface area contributed by atoms with Crippen LogP contribution in [0.25, 0.3) is 0 Å². The molecule has 3 amide bonds. The fraction of sp³-hybridized carbons (Fsp3) is 0.722. The Kier molecular flexibility index (Phi) is 15.3. The zero-order valence-corrected chi connectivity index (χ0v) is 20.4. The molecule has 0 saturated carbocycles. The van der Waals surface area contributed by atoms with Gasteiger partial charge < -0.3 is 43.4 Å². The summed E-state index contributed by atoms with van der Waals surface area (Å²) in [5.41, 5.74) is 16.0. The first-order valence-electron chi connectivity index (χ1n) is 10.2. The van der Waals surface area contributed by atoms with Crippen molar-refractivity contribution >= 4 is 54.0 Å². The molecule has 0 fully saturated rings. The van der Waals surface area contributed by atoms with Crippen LogP contribution in [0.4, 0.5) is 0 Å². The highest BCUT2D eigenvalue weighted by atomic mass is 32.2. The molecule has 0 aromatic rings. The summed E-state index contributed by atoms with van der Waals surface area (Å²) in [6, 6.07) is -4.62. The first-order chi connectivity index (χ1) is 15.4. The van der Waals surface area contributed by atoms with Crippen molar-refractivity contribution in [2.45, 2.75) is 56.5 Å². The van der Waals surface area contributed by atoms with Crippen molar-refractivity contribution in [1.29, 1.82) is 0 Å². The van der Waals surface area contributed by atoms with Crippen LogP contribution in [0.15, 0.2) is 4.99 Å². The van der Waals surface area contributed by atoms with Crippen LogP contribution in [-0.4, -0.2) is 94.4 Å². The van der Waals surface area contributed by atoms with E-state index >= 15 is 0 Å². The Morgan fingerprint density at radius 2 is 1.55 bits per heavy atom. The number of aliphatic imine (C=N–C) groups is 1. The molecule has 0 aliphatic rings. The minimum atomic E-state index is -1.26. The van der Waals surface area contributed by atoms with Gasteiger partial charge in [-0.1, -0.05) is 0 Å². The van der Waals surface area contributed by atoms with E-state index in [0.717, 1.165) is 0 Å². The molecule has 5 unspecified atom stereocenters. The molecule has 0 heterocycles. The second-order valence-electron chi connectivity index (χ2n) is 7.20. The zero-order chi connectivity index (χ0) is 25.6. The SMILES string of the molecule is CSCCC(NC(=O)C(N)C(C)O)C(=O)NC(CS)C(=O)NC(CCCN=C(N)N)C(=O)O. The summed E-state index contributed by atoms with van der Waals surface area (Å²) in [5.74, 6) is -3.10. The lowest BCUT2D eigenvalue weighted by Crippen LogP contribution is -2.58. The maximum atomic E-state index is 12.7. The Morgan fingerprint density at radius 1 is 1.00 bits per heavy atom. The molecule has 33 heavy (non-hydrogen) atoms. The molecule has 0 rings (SSSR count). The molecular weight excluding hydrogens is 474 g/mol. The van der Waals surface area contributed by atoms with E-state index in [4.69, 9.17) is 17.2 Å². The number of aliphatic hydroxyl groups excluding tert-OH is 1. The summed E-state index contributed by atoms with van der Waals surface area (Å²) in [5, 5.41) is 26.2. The van der Waals surface area contributed by atoms with Crippen LogP contribution in [0, 0.1) is 0 Å². The van der Waals surface area contributed by atoms with Gasteiger partial charge in [0, 0.05) is 12.3 Å². The normalized spacial score (nSPS) is 15.3. The number of carbonyl (C=O) groups is 4. The number of guanidine groups is 1. The summed E-state index contributed by atoms with van der Waals surface area (Å²) in [6.45, 7) is 1.54. The fourth-order valence-corrected chi connectivity index (χ4v) is 3.22. The van der Waals surface area contributed by atoms with Gasteiger partial charge in [0.05, 0.1) is 6.10 Å². The van der Waals surface area contributed by atoms with Crippen molar-refractivity contribution in [3.63, 3.8) is 0 Å². The van der Waals surface area contributed by atoms with Crippen LogP contribution in [0.2, 0.25) is 0 Å². The number of aliphatic carboxylic acids is 1. The molecule has 0 aromatic carbocycles. The molecule has 0 aromatic heterocycles. The van der Waals surface area contributed by atoms with E-state index < -0.39 is 54.0 Å². The van der Waals surface area contributed by atoms with Gasteiger partial charge in [-0.05, 0) is 38.2 Å². The lowest BCUT2D eigenvalue weighted by Gasteiger charge is -2.24. The maximum Gasteiger partial charge on any atom is 0.326 e. The van der Waals surface area contributed by atoms with Crippen LogP contribution in [-0.2, 0) is 19.2 Å². The molecule has 5 atom stereocenters. The van der Waals surface area contributed by atoms with E-state index in [2.05, 4.69) is 33.6 Å². The number of rotatable bonds is 16. The van der Waals surface area contributed by atoms with Gasteiger partial charge in [-0.15, -0.1) is 0 Å². The van der Waals surface area contributed by atoms with Gasteiger partial charge in [-0.2, -0.15) is 24.4 Å². The molecule has 0 radical (unpaired) electrons. The first kappa shape index (κ1) is 30.8. The number of hydrogen-bond donors (Lipinski definition) is 9. The Morgan fingerprint density at radius 3 is 2.03 bits per heavy atom. The standard InChI is InChI=1S/C18H35N7O6S2/c1-9(26)13(19)16(29)23-10(5-7-33-2)14(27)25-12(8-32)15(28)24-11(17(30)31)4-3-6-22-18(20)21/h9-13,26,32H,3-8,19H2,1-2H3,(H,23,29)(H,24,28)(H,25,27)(H,30,31)(H4,20,21,22). The number of carbonyl (C=O) groups excluding carboxylic acids is 3. The van der Waals surface area contributed by atoms with Gasteiger partial charge in [-0.3, -0.25) is 19.4 Å². The molecule has 190 valence electrons. The van der Waals surface area contributed by atoms with Gasteiger partial charge in [0.1, 0.15) is 24.2 Å². The summed E-state index contributed by atoms with van der Waals surface area (Å²) >= 11 is 5.51. The second-order valence-corrected chi connectivity index (χ2v) is 8.55. The zero-order valence-electron chi connectivity index (χ0n) is 18.7. The molecule has 0 saturated heterocycles. The van der Waals surface area contributed by atoms with Crippen molar-refractivity contribution in [3.8, 4) is 0 Å². The Hall–Kier alpha value is -2.23. The summed E-state index contributed by atoms with van der Waals surface area (Å²) in [7, 11) is 0. The van der Waals surface area contributed by atoms with Gasteiger partial charge in [-0.25, -0.2) is 4.79 Å². The number of thiol groups is 1. The molecule has 13 nitrogen and oxygen atoms in total. The highest BCUT2D eigenvalue weighted by molar-refractivity contribution is 7.98. The van der Waals surface area contributed by atoms with Gasteiger partial charge >= 0.3 is 5.97 Å². The summed E-state index contributed by atoms with van der Waals surface area (Å²) in [4.78, 5) is 52.7. The van der Waals surface area contributed by atoms with E-state index in [1.807, 2.05) is 6.26 Å². The predicted octanol–water partition coefficient (Wildman–Crippen LogP) is -3.03. The number of nitrogens with one attached hydrogen (secondary N) is 3. The minimum Gasteiger partial charge on any atom is -0.480 e. The number of hydrogen-bond acceptors (Lipinski definition) is 9. The van der Waals surface area contributed by atoms with E-state index in [-0.39, 0.29) is 31.1 Å². The molecule has 0 bridgehead atoms. The van der Waals surface area contributed by atoms with E-state index in [1.165, 1.54) is 18.7 Å². The third kappa shape index (κ3) is 12.6. The van der Waals surface area contributed by atoms with Gasteiger partial charge in [0.15, 0.2) is 5.96 Å². The number of nitrogens with zero attached hydrogens (tertiary/aromatic N) is 1. The minimum absolute atomic E-state index is 0.0642. The molecule has 15 heteroatoms. The van der Waals surface area contributed by atoms with E-state index in [9.17, 15) is 29.4 Å². The number of aliphatic hydroxyl groups is 1. The predicted molar refractivity (Wildman–Crippen MR) is 130 cm³/mol. The van der Waals surface area contributed by atoms with Gasteiger partial charge in [0.2, 0.25) is 17.7 Å². The van der Waals surface area contributed by atoms with Crippen LogP contribution in [0.5, 0.6) is 0 Å². The Labute approximate surface area is 202 Å². The van der Waals surface area contributed by atoms with E-state index in [1.54, 1.807) is 0 Å². The number of carboxylic acids is 1. The highest BCUT2D eigenvalue weighted by Gasteiger charge is 2.30.